The second-order valence-corrected chi connectivity index (χ2v) is 8.51. The van der Waals surface area contributed by atoms with Crippen molar-refractivity contribution in [2.24, 2.45) is 0 Å². The van der Waals surface area contributed by atoms with Crippen LogP contribution in [0, 0.1) is 11.6 Å². The van der Waals surface area contributed by atoms with E-state index in [1.807, 2.05) is 0 Å². The fourth-order valence-corrected chi connectivity index (χ4v) is 4.23. The van der Waals surface area contributed by atoms with Crippen molar-refractivity contribution in [2.75, 3.05) is 10.6 Å². The standard InChI is InChI=1S/C30H20F2N2O4/c31-21-13-12-17(24(32)15-21)10-11-18-4-2-8-25-27(18)23(29(36)34-25)16-33-26-9-3-7-22(28(26)35)19-5-1-6-20(14-19)30(37)38/h1-16,33,35H,(H,34,36)(H,37,38)/b11-10+,23-16-. The average Bonchev–Trinajstić information content (AvgIpc) is 3.23. The van der Waals surface area contributed by atoms with Gasteiger partial charge in [0.15, 0.2) is 0 Å². The molecule has 4 aromatic carbocycles. The van der Waals surface area contributed by atoms with Gasteiger partial charge >= 0.3 is 5.97 Å². The minimum absolute atomic E-state index is 0.0858. The number of phenols is 1. The Labute approximate surface area is 216 Å². The van der Waals surface area contributed by atoms with Crippen LogP contribution in [0.5, 0.6) is 5.75 Å². The molecule has 38 heavy (non-hydrogen) atoms. The van der Waals surface area contributed by atoms with Crippen LogP contribution in [-0.4, -0.2) is 22.1 Å². The summed E-state index contributed by atoms with van der Waals surface area (Å²) in [5.41, 5.74) is 3.57. The number of carboxylic acid groups (broad SMARTS) is 1. The van der Waals surface area contributed by atoms with Crippen LogP contribution in [0.3, 0.4) is 0 Å². The number of carbonyl (C=O) groups excluding carboxylic acids is 1. The average molecular weight is 510 g/mol. The lowest BCUT2D eigenvalue weighted by atomic mass is 9.99. The van der Waals surface area contributed by atoms with Crippen molar-refractivity contribution in [2.45, 2.75) is 0 Å². The Kier molecular flexibility index (Phi) is 6.45. The van der Waals surface area contributed by atoms with E-state index >= 15 is 0 Å². The molecule has 4 N–H and O–H groups in total. The lowest BCUT2D eigenvalue weighted by Crippen LogP contribution is -2.05. The smallest absolute Gasteiger partial charge is 0.335 e. The summed E-state index contributed by atoms with van der Waals surface area (Å²) >= 11 is 0. The lowest BCUT2D eigenvalue weighted by molar-refractivity contribution is -0.110. The molecule has 5 rings (SSSR count). The van der Waals surface area contributed by atoms with Gasteiger partial charge in [0, 0.05) is 34.6 Å². The van der Waals surface area contributed by atoms with E-state index in [1.54, 1.807) is 54.6 Å². The zero-order valence-corrected chi connectivity index (χ0v) is 19.7. The molecular formula is C30H20F2N2O4. The molecule has 1 heterocycles. The first kappa shape index (κ1) is 24.5. The molecular weight excluding hydrogens is 490 g/mol. The molecule has 0 fully saturated rings. The number of aromatic hydroxyl groups is 1. The Morgan fingerprint density at radius 2 is 1.66 bits per heavy atom. The predicted molar refractivity (Wildman–Crippen MR) is 142 cm³/mol. The summed E-state index contributed by atoms with van der Waals surface area (Å²) in [6.07, 6.45) is 4.60. The normalized spacial score (nSPS) is 13.5. The number of fused-ring (bicyclic) bond motifs is 1. The minimum atomic E-state index is -1.08. The highest BCUT2D eigenvalue weighted by Gasteiger charge is 2.26. The van der Waals surface area contributed by atoms with Crippen molar-refractivity contribution in [3.05, 3.63) is 119 Å². The molecule has 0 saturated heterocycles. The molecule has 0 atom stereocenters. The highest BCUT2D eigenvalue weighted by Crippen LogP contribution is 2.38. The van der Waals surface area contributed by atoms with E-state index in [0.29, 0.717) is 33.6 Å². The largest absolute Gasteiger partial charge is 0.505 e. The van der Waals surface area contributed by atoms with Crippen LogP contribution >= 0.6 is 0 Å². The number of amides is 1. The molecule has 0 radical (unpaired) electrons. The van der Waals surface area contributed by atoms with Crippen molar-refractivity contribution in [1.29, 1.82) is 0 Å². The summed E-state index contributed by atoms with van der Waals surface area (Å²) in [5, 5.41) is 25.9. The first-order valence-corrected chi connectivity index (χ1v) is 11.5. The number of benzene rings is 4. The molecule has 1 amide bonds. The summed E-state index contributed by atoms with van der Waals surface area (Å²) in [4.78, 5) is 24.1. The summed E-state index contributed by atoms with van der Waals surface area (Å²) in [7, 11) is 0. The Balaban J connectivity index is 1.48. The number of phenolic OH excluding ortho intramolecular Hbond substituents is 1. The Bertz CT molecular complexity index is 1660. The van der Waals surface area contributed by atoms with Crippen molar-refractivity contribution in [3.63, 3.8) is 0 Å². The van der Waals surface area contributed by atoms with Gasteiger partial charge < -0.3 is 20.8 Å². The van der Waals surface area contributed by atoms with Crippen LogP contribution in [0.15, 0.2) is 85.1 Å². The van der Waals surface area contributed by atoms with Crippen LogP contribution < -0.4 is 10.6 Å². The van der Waals surface area contributed by atoms with E-state index in [4.69, 9.17) is 0 Å². The minimum Gasteiger partial charge on any atom is -0.505 e. The Morgan fingerprint density at radius 1 is 0.895 bits per heavy atom. The maximum absolute atomic E-state index is 14.1. The van der Waals surface area contributed by atoms with Crippen molar-refractivity contribution < 1.29 is 28.6 Å². The van der Waals surface area contributed by atoms with Crippen LogP contribution in [0.25, 0.3) is 28.9 Å². The zero-order chi connectivity index (χ0) is 26.8. The lowest BCUT2D eigenvalue weighted by Gasteiger charge is -2.11. The van der Waals surface area contributed by atoms with Crippen LogP contribution in [0.2, 0.25) is 0 Å². The van der Waals surface area contributed by atoms with E-state index in [9.17, 15) is 28.6 Å². The number of carboxylic acids is 1. The van der Waals surface area contributed by atoms with Gasteiger partial charge in [-0.05, 0) is 47.5 Å². The molecule has 0 spiro atoms. The van der Waals surface area contributed by atoms with Gasteiger partial charge in [-0.15, -0.1) is 0 Å². The second-order valence-electron chi connectivity index (χ2n) is 8.51. The number of nitrogens with one attached hydrogen (secondary N) is 2. The summed E-state index contributed by atoms with van der Waals surface area (Å²) in [6, 6.07) is 19.7. The maximum Gasteiger partial charge on any atom is 0.335 e. The molecule has 0 bridgehead atoms. The van der Waals surface area contributed by atoms with Crippen LogP contribution in [-0.2, 0) is 4.79 Å². The number of carbonyl (C=O) groups is 2. The SMILES string of the molecule is O=C1Nc2cccc(/C=C/c3ccc(F)cc3F)c2/C1=C/Nc1cccc(-c2cccc(C(=O)O)c2)c1O. The summed E-state index contributed by atoms with van der Waals surface area (Å²) < 4.78 is 27.3. The van der Waals surface area contributed by atoms with Gasteiger partial charge in [0.2, 0.25) is 0 Å². The monoisotopic (exact) mass is 510 g/mol. The van der Waals surface area contributed by atoms with Gasteiger partial charge in [0.25, 0.3) is 5.91 Å². The van der Waals surface area contributed by atoms with Gasteiger partial charge in [-0.1, -0.05) is 48.6 Å². The van der Waals surface area contributed by atoms with Crippen molar-refractivity contribution in [1.82, 2.24) is 0 Å². The van der Waals surface area contributed by atoms with Gasteiger partial charge in [0.1, 0.15) is 17.4 Å². The molecule has 0 unspecified atom stereocenters. The van der Waals surface area contributed by atoms with Crippen molar-refractivity contribution >= 4 is 41.0 Å². The molecule has 0 aromatic heterocycles. The van der Waals surface area contributed by atoms with E-state index in [0.717, 1.165) is 12.1 Å². The third-order valence-corrected chi connectivity index (χ3v) is 6.09. The van der Waals surface area contributed by atoms with Crippen LogP contribution in [0.1, 0.15) is 27.0 Å². The number of para-hydroxylation sites is 1. The fourth-order valence-electron chi connectivity index (χ4n) is 4.23. The zero-order valence-electron chi connectivity index (χ0n) is 19.7. The number of aromatic carboxylic acids is 1. The first-order valence-electron chi connectivity index (χ1n) is 11.5. The molecule has 6 nitrogen and oxygen atoms in total. The van der Waals surface area contributed by atoms with E-state index in [-0.39, 0.29) is 28.4 Å². The molecule has 188 valence electrons. The maximum atomic E-state index is 14.1. The molecule has 1 aliphatic rings. The molecule has 4 aromatic rings. The van der Waals surface area contributed by atoms with Crippen LogP contribution in [0.4, 0.5) is 20.2 Å². The van der Waals surface area contributed by atoms with Crippen molar-refractivity contribution in [3.8, 4) is 16.9 Å². The summed E-state index contributed by atoms with van der Waals surface area (Å²) in [6.45, 7) is 0. The van der Waals surface area contributed by atoms with Gasteiger partial charge in [-0.3, -0.25) is 4.79 Å². The Hall–Kier alpha value is -5.24. The highest BCUT2D eigenvalue weighted by atomic mass is 19.1. The predicted octanol–water partition coefficient (Wildman–Crippen LogP) is 6.61. The number of halogens is 2. The third-order valence-electron chi connectivity index (χ3n) is 6.09. The topological polar surface area (TPSA) is 98.7 Å². The number of rotatable bonds is 6. The third kappa shape index (κ3) is 4.75. The molecule has 8 heteroatoms. The van der Waals surface area contributed by atoms with Gasteiger partial charge in [0.05, 0.1) is 16.8 Å². The first-order chi connectivity index (χ1) is 18.3. The highest BCUT2D eigenvalue weighted by molar-refractivity contribution is 6.32. The molecule has 0 saturated carbocycles. The van der Waals surface area contributed by atoms with Gasteiger partial charge in [-0.2, -0.15) is 0 Å². The number of hydrogen-bond donors (Lipinski definition) is 4. The second kappa shape index (κ2) is 10.0. The van der Waals surface area contributed by atoms with Gasteiger partial charge in [-0.25, -0.2) is 13.6 Å². The molecule has 1 aliphatic heterocycles. The van der Waals surface area contributed by atoms with E-state index in [2.05, 4.69) is 10.6 Å². The summed E-state index contributed by atoms with van der Waals surface area (Å²) in [5.74, 6) is -2.95. The quantitative estimate of drug-likeness (QED) is 0.133. The molecule has 0 aliphatic carbocycles. The number of anilines is 2. The fraction of sp³-hybridized carbons (Fsp3) is 0. The Morgan fingerprint density at radius 3 is 2.45 bits per heavy atom. The van der Waals surface area contributed by atoms with E-state index in [1.165, 1.54) is 30.5 Å². The number of hydrogen-bond acceptors (Lipinski definition) is 4. The van der Waals surface area contributed by atoms with E-state index < -0.39 is 17.6 Å².